The van der Waals surface area contributed by atoms with Crippen LogP contribution >= 0.6 is 0 Å². The molecule has 0 spiro atoms. The van der Waals surface area contributed by atoms with Crippen LogP contribution in [0.25, 0.3) is 27.8 Å². The number of nitrogens with zero attached hydrogens (tertiary/aromatic N) is 1. The Balaban J connectivity index is 1.18. The van der Waals surface area contributed by atoms with Crippen LogP contribution in [0.1, 0.15) is 108 Å². The average molecular weight is 942 g/mol. The summed E-state index contributed by atoms with van der Waals surface area (Å²) in [6.45, 7) is 9.58. The van der Waals surface area contributed by atoms with Crippen LogP contribution in [0.15, 0.2) is 264 Å². The van der Waals surface area contributed by atoms with Crippen molar-refractivity contribution in [3.05, 3.63) is 314 Å². The maximum Gasteiger partial charge on any atom is 0.0671 e. The van der Waals surface area contributed by atoms with Gasteiger partial charge in [0.25, 0.3) is 0 Å². The fourth-order valence-corrected chi connectivity index (χ4v) is 14.5. The zero-order valence-electron chi connectivity index (χ0n) is 42.6. The molecule has 0 aromatic heterocycles. The maximum absolute atomic E-state index is 4.81. The van der Waals surface area contributed by atoms with E-state index in [1.54, 1.807) is 16.7 Å². The molecule has 0 heterocycles. The largest absolute Gasteiger partial charge is 0.368 e. The van der Waals surface area contributed by atoms with E-state index in [2.05, 4.69) is 238 Å². The molecule has 1 nitrogen and oxygen atoms in total. The maximum atomic E-state index is 4.81. The Morgan fingerprint density at radius 3 is 1.71 bits per heavy atom. The van der Waals surface area contributed by atoms with Gasteiger partial charge in [-0.25, -0.2) is 0 Å². The summed E-state index contributed by atoms with van der Waals surface area (Å²) in [5.74, 6) is 0. The first kappa shape index (κ1) is 45.1. The van der Waals surface area contributed by atoms with Crippen molar-refractivity contribution in [2.75, 3.05) is 7.05 Å². The molecule has 3 unspecified atom stereocenters. The van der Waals surface area contributed by atoms with E-state index in [0.29, 0.717) is 0 Å². The summed E-state index contributed by atoms with van der Waals surface area (Å²) >= 11 is 0. The third-order valence-electron chi connectivity index (χ3n) is 17.8. The van der Waals surface area contributed by atoms with Gasteiger partial charge in [0.15, 0.2) is 0 Å². The van der Waals surface area contributed by atoms with Gasteiger partial charge in [0.1, 0.15) is 0 Å². The predicted octanol–water partition coefficient (Wildman–Crippen LogP) is 17.7. The molecule has 73 heavy (non-hydrogen) atoms. The number of hydrogen-bond donors (Lipinski definition) is 0. The first-order chi connectivity index (χ1) is 35.9. The van der Waals surface area contributed by atoms with Gasteiger partial charge in [0.05, 0.1) is 16.9 Å². The Kier molecular flexibility index (Phi) is 11.2. The summed E-state index contributed by atoms with van der Waals surface area (Å²) in [5, 5.41) is 0. The number of rotatable bonds is 10. The molecule has 0 N–H and O–H groups in total. The van der Waals surface area contributed by atoms with Crippen molar-refractivity contribution >= 4 is 5.57 Å². The highest BCUT2D eigenvalue weighted by Crippen LogP contribution is 2.67. The minimum atomic E-state index is -0.593. The van der Waals surface area contributed by atoms with Gasteiger partial charge in [-0.1, -0.05) is 218 Å². The molecule has 6 aliphatic carbocycles. The number of allylic oxidation sites excluding steroid dienone is 14. The number of likely N-dealkylation sites (N-methyl/N-ethyl adjacent to an activating group) is 1. The third-order valence-corrected chi connectivity index (χ3v) is 17.8. The van der Waals surface area contributed by atoms with E-state index < -0.39 is 10.8 Å². The summed E-state index contributed by atoms with van der Waals surface area (Å²) in [6, 6.07) is 66.7. The lowest BCUT2D eigenvalue weighted by Gasteiger charge is -2.56. The molecule has 0 saturated carbocycles. The standard InChI is InChI=1S/C72H63N/c1-48-24-14-19-37-63(48)72(65-41-23-36-60-58-34-18-16-30-54(58)46-62(60)65)67-39-21-20-38-66(67)71(56-31-12-7-13-32-56,64-40-22-35-59-57-33-17-15-29-53(57)45-61(59)64)69-47-55(42-43-68(69)72)70(44-49(2)51-25-8-5-9-26-51)73(4)50(3)52-27-10-6-11-28-52/h5-18,21-36,39-41,44,47,50H,2,19-20,37-38,42-43,45-46H2,1,3-4H3/b70-44-. The van der Waals surface area contributed by atoms with Gasteiger partial charge in [0.2, 0.25) is 0 Å². The van der Waals surface area contributed by atoms with E-state index in [-0.39, 0.29) is 6.04 Å². The SMILES string of the molecule is C=C(/C=C(/C1=CC2=C(CC1)C(C1=C(C)C=CCC1)(c1cccc3c1Cc1ccccc1-3)C1=C(CCC=C1)C2(c1ccccc1)c1cccc2c1Cc1ccccc1-2)N(C)C(C)c1ccccc1)c1ccccc1. The van der Waals surface area contributed by atoms with Gasteiger partial charge in [-0.3, -0.25) is 0 Å². The van der Waals surface area contributed by atoms with Crippen LogP contribution in [0.2, 0.25) is 0 Å². The molecule has 6 aliphatic rings. The van der Waals surface area contributed by atoms with Crippen molar-refractivity contribution in [1.29, 1.82) is 0 Å². The predicted molar refractivity (Wildman–Crippen MR) is 305 cm³/mol. The quantitative estimate of drug-likeness (QED) is 0.124. The number of fused-ring (bicyclic) bond motifs is 6. The summed E-state index contributed by atoms with van der Waals surface area (Å²) in [7, 11) is 2.31. The third kappa shape index (κ3) is 6.95. The summed E-state index contributed by atoms with van der Waals surface area (Å²) in [5.41, 5.74) is 29.6. The Morgan fingerprint density at radius 2 is 1.07 bits per heavy atom. The zero-order chi connectivity index (χ0) is 49.3. The van der Waals surface area contributed by atoms with Gasteiger partial charge in [0, 0.05) is 12.7 Å². The van der Waals surface area contributed by atoms with Crippen LogP contribution < -0.4 is 0 Å². The highest BCUT2D eigenvalue weighted by Gasteiger charge is 2.58. The molecule has 0 bridgehead atoms. The fourth-order valence-electron chi connectivity index (χ4n) is 14.5. The molecular formula is C72H63N. The molecule has 3 atom stereocenters. The molecule has 13 rings (SSSR count). The van der Waals surface area contributed by atoms with Crippen molar-refractivity contribution in [1.82, 2.24) is 4.90 Å². The minimum Gasteiger partial charge on any atom is -0.368 e. The summed E-state index contributed by atoms with van der Waals surface area (Å²) < 4.78 is 0. The smallest absolute Gasteiger partial charge is 0.0671 e. The van der Waals surface area contributed by atoms with Crippen LogP contribution in [-0.2, 0) is 23.7 Å². The van der Waals surface area contributed by atoms with E-state index in [1.165, 1.54) is 94.8 Å². The lowest BCUT2D eigenvalue weighted by Crippen LogP contribution is -2.48. The average Bonchev–Trinajstić information content (AvgIpc) is 4.04. The van der Waals surface area contributed by atoms with Crippen LogP contribution in [-0.4, -0.2) is 11.9 Å². The molecule has 0 fully saturated rings. The molecule has 7 aromatic rings. The Morgan fingerprint density at radius 1 is 0.534 bits per heavy atom. The topological polar surface area (TPSA) is 3.24 Å². The van der Waals surface area contributed by atoms with E-state index in [1.807, 2.05) is 0 Å². The van der Waals surface area contributed by atoms with Crippen LogP contribution in [0.4, 0.5) is 0 Å². The molecule has 1 heteroatoms. The van der Waals surface area contributed by atoms with Gasteiger partial charge in [-0.15, -0.1) is 0 Å². The first-order valence-electron chi connectivity index (χ1n) is 26.8. The fraction of sp³-hybridized carbons (Fsp3) is 0.194. The van der Waals surface area contributed by atoms with Crippen molar-refractivity contribution in [2.45, 2.75) is 82.1 Å². The Bertz CT molecular complexity index is 3610. The van der Waals surface area contributed by atoms with Crippen molar-refractivity contribution in [3.8, 4) is 22.3 Å². The van der Waals surface area contributed by atoms with Crippen molar-refractivity contribution < 1.29 is 0 Å². The monoisotopic (exact) mass is 941 g/mol. The number of hydrogen-bond acceptors (Lipinski definition) is 1. The second kappa shape index (κ2) is 18.1. The molecule has 0 amide bonds. The molecule has 7 aromatic carbocycles. The molecule has 0 radical (unpaired) electrons. The summed E-state index contributed by atoms with van der Waals surface area (Å²) in [4.78, 5) is 2.53. The van der Waals surface area contributed by atoms with E-state index in [4.69, 9.17) is 6.58 Å². The van der Waals surface area contributed by atoms with Crippen LogP contribution in [0, 0.1) is 0 Å². The normalized spacial score (nSPS) is 20.9. The molecule has 0 aliphatic heterocycles. The summed E-state index contributed by atoms with van der Waals surface area (Å²) in [6.07, 6.45) is 22.8. The number of benzene rings is 7. The second-order valence-electron chi connectivity index (χ2n) is 21.3. The van der Waals surface area contributed by atoms with E-state index in [9.17, 15) is 0 Å². The van der Waals surface area contributed by atoms with Gasteiger partial charge in [-0.2, -0.15) is 0 Å². The highest BCUT2D eigenvalue weighted by molar-refractivity contribution is 5.86. The van der Waals surface area contributed by atoms with Crippen molar-refractivity contribution in [3.63, 3.8) is 0 Å². The molecular weight excluding hydrogens is 879 g/mol. The lowest BCUT2D eigenvalue weighted by molar-refractivity contribution is 0.333. The Labute approximate surface area is 433 Å². The molecule has 0 saturated heterocycles. The van der Waals surface area contributed by atoms with Crippen LogP contribution in [0.5, 0.6) is 0 Å². The van der Waals surface area contributed by atoms with E-state index in [0.717, 1.165) is 62.5 Å². The zero-order valence-corrected chi connectivity index (χ0v) is 42.6. The minimum absolute atomic E-state index is 0.112. The van der Waals surface area contributed by atoms with E-state index >= 15 is 0 Å². The van der Waals surface area contributed by atoms with Gasteiger partial charge < -0.3 is 4.90 Å². The lowest BCUT2D eigenvalue weighted by atomic mass is 9.46. The van der Waals surface area contributed by atoms with Crippen LogP contribution in [0.3, 0.4) is 0 Å². The van der Waals surface area contributed by atoms with Gasteiger partial charge >= 0.3 is 0 Å². The highest BCUT2D eigenvalue weighted by atomic mass is 15.1. The van der Waals surface area contributed by atoms with Gasteiger partial charge in [-0.05, 0) is 183 Å². The molecule has 356 valence electrons. The second-order valence-corrected chi connectivity index (χ2v) is 21.3. The van der Waals surface area contributed by atoms with Crippen molar-refractivity contribution in [2.24, 2.45) is 0 Å². The first-order valence-corrected chi connectivity index (χ1v) is 26.8. The Hall–Kier alpha value is -7.74.